The molecule has 0 atom stereocenters. The predicted octanol–water partition coefficient (Wildman–Crippen LogP) is 4.04. The van der Waals surface area contributed by atoms with Gasteiger partial charge in [0.15, 0.2) is 0 Å². The molecule has 3 heteroatoms. The maximum atomic E-state index is 11.8. The van der Waals surface area contributed by atoms with Crippen molar-refractivity contribution in [1.29, 1.82) is 0 Å². The first-order chi connectivity index (χ1) is 11.0. The maximum absolute atomic E-state index is 11.8. The van der Waals surface area contributed by atoms with Crippen molar-refractivity contribution >= 4 is 11.0 Å². The van der Waals surface area contributed by atoms with Gasteiger partial charge in [0.2, 0.25) is 0 Å². The van der Waals surface area contributed by atoms with Gasteiger partial charge in [0.25, 0.3) is 0 Å². The molecule has 0 bridgehead atoms. The molecule has 0 aliphatic heterocycles. The van der Waals surface area contributed by atoms with E-state index in [1.807, 2.05) is 25.1 Å². The van der Waals surface area contributed by atoms with E-state index in [4.69, 9.17) is 4.42 Å². The molecule has 3 nitrogen and oxygen atoms in total. The van der Waals surface area contributed by atoms with Crippen LogP contribution in [0.25, 0.3) is 11.0 Å². The molecule has 1 heterocycles. The van der Waals surface area contributed by atoms with Gasteiger partial charge in [-0.25, -0.2) is 4.79 Å². The van der Waals surface area contributed by atoms with Crippen molar-refractivity contribution in [3.8, 4) is 0 Å². The van der Waals surface area contributed by atoms with Gasteiger partial charge in [0.05, 0.1) is 0 Å². The number of nitrogens with zero attached hydrogens (tertiary/aromatic N) is 1. The van der Waals surface area contributed by atoms with Crippen molar-refractivity contribution < 1.29 is 4.42 Å². The van der Waals surface area contributed by atoms with Gasteiger partial charge in [-0.2, -0.15) is 0 Å². The third-order valence-electron chi connectivity index (χ3n) is 4.13. The highest BCUT2D eigenvalue weighted by Crippen LogP contribution is 2.20. The summed E-state index contributed by atoms with van der Waals surface area (Å²) in [7, 11) is 2.07. The molecule has 3 rings (SSSR count). The molecule has 0 amide bonds. The monoisotopic (exact) mass is 307 g/mol. The minimum atomic E-state index is -0.289. The van der Waals surface area contributed by atoms with Gasteiger partial charge in [-0.15, -0.1) is 0 Å². The molecular weight excluding hydrogens is 286 g/mol. The van der Waals surface area contributed by atoms with E-state index in [0.29, 0.717) is 12.1 Å². The summed E-state index contributed by atoms with van der Waals surface area (Å²) in [6, 6.07) is 16.0. The van der Waals surface area contributed by atoms with Gasteiger partial charge in [-0.05, 0) is 49.2 Å². The Bertz CT molecular complexity index is 896. The fourth-order valence-electron chi connectivity index (χ4n) is 2.89. The van der Waals surface area contributed by atoms with E-state index >= 15 is 0 Å². The van der Waals surface area contributed by atoms with Crippen LogP contribution in [0, 0.1) is 13.8 Å². The van der Waals surface area contributed by atoms with Crippen molar-refractivity contribution in [3.05, 3.63) is 81.2 Å². The van der Waals surface area contributed by atoms with Gasteiger partial charge >= 0.3 is 5.63 Å². The number of benzene rings is 2. The van der Waals surface area contributed by atoms with Crippen LogP contribution >= 0.6 is 0 Å². The molecular formula is C20H21NO2. The second-order valence-electron chi connectivity index (χ2n) is 6.19. The molecule has 0 aliphatic rings. The Labute approximate surface area is 136 Å². The lowest BCUT2D eigenvalue weighted by atomic mass is 10.1. The Morgan fingerprint density at radius 1 is 0.957 bits per heavy atom. The maximum Gasteiger partial charge on any atom is 0.336 e. The molecule has 1 aromatic heterocycles. The second-order valence-corrected chi connectivity index (χ2v) is 6.19. The van der Waals surface area contributed by atoms with E-state index < -0.39 is 0 Å². The van der Waals surface area contributed by atoms with Crippen LogP contribution in [0.1, 0.15) is 22.3 Å². The molecule has 23 heavy (non-hydrogen) atoms. The normalized spacial score (nSPS) is 11.3. The Balaban J connectivity index is 1.89. The van der Waals surface area contributed by atoms with E-state index in [9.17, 15) is 4.79 Å². The van der Waals surface area contributed by atoms with Crippen LogP contribution < -0.4 is 5.63 Å². The van der Waals surface area contributed by atoms with Crippen LogP contribution in [0.4, 0.5) is 0 Å². The molecule has 3 aromatic rings. The molecule has 0 spiro atoms. The van der Waals surface area contributed by atoms with Gasteiger partial charge < -0.3 is 4.42 Å². The number of rotatable bonds is 4. The number of fused-ring (bicyclic) bond motifs is 1. The molecule has 0 unspecified atom stereocenters. The van der Waals surface area contributed by atoms with Crippen molar-refractivity contribution in [2.24, 2.45) is 0 Å². The topological polar surface area (TPSA) is 33.5 Å². The molecule has 0 radical (unpaired) electrons. The molecule has 0 saturated carbocycles. The lowest BCUT2D eigenvalue weighted by Gasteiger charge is -2.19. The fourth-order valence-corrected chi connectivity index (χ4v) is 2.89. The molecule has 0 fully saturated rings. The van der Waals surface area contributed by atoms with E-state index in [2.05, 4.69) is 43.1 Å². The minimum absolute atomic E-state index is 0.289. The van der Waals surface area contributed by atoms with Crippen LogP contribution in [-0.4, -0.2) is 11.9 Å². The summed E-state index contributed by atoms with van der Waals surface area (Å²) in [5.41, 5.74) is 5.06. The highest BCUT2D eigenvalue weighted by Gasteiger charge is 2.09. The van der Waals surface area contributed by atoms with E-state index in [-0.39, 0.29) is 5.63 Å². The second kappa shape index (κ2) is 6.39. The molecule has 118 valence electrons. The smallest absolute Gasteiger partial charge is 0.336 e. The van der Waals surface area contributed by atoms with Crippen LogP contribution in [-0.2, 0) is 13.1 Å². The van der Waals surface area contributed by atoms with Gasteiger partial charge in [0.1, 0.15) is 5.58 Å². The van der Waals surface area contributed by atoms with Crippen molar-refractivity contribution in [2.45, 2.75) is 26.9 Å². The zero-order chi connectivity index (χ0) is 16.4. The number of aryl methyl sites for hydroxylation is 2. The average Bonchev–Trinajstić information content (AvgIpc) is 2.49. The Morgan fingerprint density at radius 2 is 1.70 bits per heavy atom. The summed E-state index contributed by atoms with van der Waals surface area (Å²) in [5.74, 6) is 0. The van der Waals surface area contributed by atoms with Crippen LogP contribution in [0.5, 0.6) is 0 Å². The van der Waals surface area contributed by atoms with Crippen LogP contribution in [0.3, 0.4) is 0 Å². The summed E-state index contributed by atoms with van der Waals surface area (Å²) in [4.78, 5) is 14.0. The first-order valence-corrected chi connectivity index (χ1v) is 7.79. The number of hydrogen-bond donors (Lipinski definition) is 0. The van der Waals surface area contributed by atoms with E-state index in [1.54, 1.807) is 6.07 Å². The first-order valence-electron chi connectivity index (χ1n) is 7.79. The third-order valence-corrected chi connectivity index (χ3v) is 4.13. The highest BCUT2D eigenvalue weighted by atomic mass is 16.4. The Morgan fingerprint density at radius 3 is 2.48 bits per heavy atom. The summed E-state index contributed by atoms with van der Waals surface area (Å²) >= 11 is 0. The Kier molecular flexibility index (Phi) is 4.30. The summed E-state index contributed by atoms with van der Waals surface area (Å²) in [6.45, 7) is 5.68. The molecule has 2 aromatic carbocycles. The Hall–Kier alpha value is -2.39. The van der Waals surface area contributed by atoms with E-state index in [0.717, 1.165) is 23.1 Å². The molecule has 0 N–H and O–H groups in total. The average molecular weight is 307 g/mol. The lowest BCUT2D eigenvalue weighted by Crippen LogP contribution is -2.19. The molecule has 0 aliphatic carbocycles. The van der Waals surface area contributed by atoms with Crippen molar-refractivity contribution in [2.75, 3.05) is 7.05 Å². The van der Waals surface area contributed by atoms with Gasteiger partial charge in [0, 0.05) is 24.5 Å². The van der Waals surface area contributed by atoms with Crippen molar-refractivity contribution in [3.63, 3.8) is 0 Å². The van der Waals surface area contributed by atoms with Crippen LogP contribution in [0.15, 0.2) is 57.7 Å². The zero-order valence-corrected chi connectivity index (χ0v) is 13.8. The predicted molar refractivity (Wildman–Crippen MR) is 93.6 cm³/mol. The largest absolute Gasteiger partial charge is 0.423 e. The number of hydrogen-bond acceptors (Lipinski definition) is 3. The van der Waals surface area contributed by atoms with Crippen molar-refractivity contribution in [1.82, 2.24) is 4.90 Å². The zero-order valence-electron chi connectivity index (χ0n) is 13.8. The highest BCUT2D eigenvalue weighted by molar-refractivity contribution is 5.80. The summed E-state index contributed by atoms with van der Waals surface area (Å²) < 4.78 is 5.33. The van der Waals surface area contributed by atoms with Gasteiger partial charge in [-0.3, -0.25) is 4.90 Å². The first kappa shape index (κ1) is 15.5. The van der Waals surface area contributed by atoms with Gasteiger partial charge in [-0.1, -0.05) is 36.4 Å². The fraction of sp³-hybridized carbons (Fsp3) is 0.250. The third kappa shape index (κ3) is 3.51. The minimum Gasteiger partial charge on any atom is -0.423 e. The quantitative estimate of drug-likeness (QED) is 0.682. The standard InChI is InChI=1S/C20H21NO2/c1-14-8-9-18-17(11-20(22)23-19(18)10-14)13-21(3)12-16-7-5-4-6-15(16)2/h4-11H,12-13H2,1-3H3. The van der Waals surface area contributed by atoms with Crippen LogP contribution in [0.2, 0.25) is 0 Å². The summed E-state index contributed by atoms with van der Waals surface area (Å²) in [5, 5.41) is 1.01. The lowest BCUT2D eigenvalue weighted by molar-refractivity contribution is 0.319. The SMILES string of the molecule is Cc1ccc2c(CN(C)Cc3ccccc3C)cc(=O)oc2c1. The van der Waals surface area contributed by atoms with E-state index in [1.165, 1.54) is 11.1 Å². The molecule has 0 saturated heterocycles. The summed E-state index contributed by atoms with van der Waals surface area (Å²) in [6.07, 6.45) is 0.